The molecular formula is C11H17N3O2. The van der Waals surface area contributed by atoms with E-state index in [1.807, 2.05) is 11.9 Å². The number of hydrogen-bond acceptors (Lipinski definition) is 4. The van der Waals surface area contributed by atoms with Crippen molar-refractivity contribution in [2.45, 2.75) is 26.2 Å². The van der Waals surface area contributed by atoms with Crippen LogP contribution in [0.15, 0.2) is 12.4 Å². The minimum Gasteiger partial charge on any atom is -0.478 e. The average Bonchev–Trinajstić information content (AvgIpc) is 2.29. The number of nitrogens with zero attached hydrogens (tertiary/aromatic N) is 3. The second-order valence-electron chi connectivity index (χ2n) is 3.71. The summed E-state index contributed by atoms with van der Waals surface area (Å²) >= 11 is 0. The first-order valence-electron chi connectivity index (χ1n) is 5.41. The Labute approximate surface area is 95.1 Å². The van der Waals surface area contributed by atoms with E-state index in [1.54, 1.807) is 0 Å². The number of carboxylic acids is 1. The van der Waals surface area contributed by atoms with E-state index >= 15 is 0 Å². The number of anilines is 1. The van der Waals surface area contributed by atoms with Crippen molar-refractivity contribution in [2.24, 2.45) is 0 Å². The van der Waals surface area contributed by atoms with Gasteiger partial charge < -0.3 is 10.0 Å². The molecule has 0 amide bonds. The van der Waals surface area contributed by atoms with Crippen molar-refractivity contribution >= 4 is 11.9 Å². The van der Waals surface area contributed by atoms with Gasteiger partial charge in [-0.05, 0) is 6.42 Å². The average molecular weight is 223 g/mol. The highest BCUT2D eigenvalue weighted by Gasteiger charge is 2.06. The van der Waals surface area contributed by atoms with Gasteiger partial charge in [0.2, 0.25) is 5.95 Å². The summed E-state index contributed by atoms with van der Waals surface area (Å²) < 4.78 is 0. The molecule has 1 aromatic heterocycles. The molecule has 5 heteroatoms. The van der Waals surface area contributed by atoms with Gasteiger partial charge in [-0.15, -0.1) is 0 Å². The number of hydrogen-bond donors (Lipinski definition) is 1. The van der Waals surface area contributed by atoms with E-state index in [2.05, 4.69) is 16.9 Å². The first-order valence-corrected chi connectivity index (χ1v) is 5.41. The molecular weight excluding hydrogens is 206 g/mol. The lowest BCUT2D eigenvalue weighted by Gasteiger charge is -2.16. The zero-order chi connectivity index (χ0) is 12.0. The molecule has 0 aliphatic heterocycles. The SMILES string of the molecule is CCCCCN(C)c1ncc(C(=O)O)cn1. The van der Waals surface area contributed by atoms with Gasteiger partial charge in [-0.1, -0.05) is 19.8 Å². The molecule has 0 bridgehead atoms. The van der Waals surface area contributed by atoms with Gasteiger partial charge in [-0.2, -0.15) is 0 Å². The maximum Gasteiger partial charge on any atom is 0.338 e. The summed E-state index contributed by atoms with van der Waals surface area (Å²) in [5.74, 6) is -0.429. The van der Waals surface area contributed by atoms with Crippen molar-refractivity contribution in [1.29, 1.82) is 0 Å². The zero-order valence-electron chi connectivity index (χ0n) is 9.68. The molecule has 1 heterocycles. The Morgan fingerprint density at radius 3 is 2.50 bits per heavy atom. The third kappa shape index (κ3) is 3.49. The molecule has 5 nitrogen and oxygen atoms in total. The fourth-order valence-electron chi connectivity index (χ4n) is 1.33. The Morgan fingerprint density at radius 1 is 1.38 bits per heavy atom. The van der Waals surface area contributed by atoms with Gasteiger partial charge in [0.1, 0.15) is 0 Å². The fraction of sp³-hybridized carbons (Fsp3) is 0.545. The number of aromatic carboxylic acids is 1. The van der Waals surface area contributed by atoms with E-state index in [0.29, 0.717) is 5.95 Å². The van der Waals surface area contributed by atoms with Gasteiger partial charge in [0.25, 0.3) is 0 Å². The number of carbonyl (C=O) groups is 1. The molecule has 0 aromatic carbocycles. The second kappa shape index (κ2) is 6.05. The molecule has 16 heavy (non-hydrogen) atoms. The van der Waals surface area contributed by atoms with E-state index in [0.717, 1.165) is 13.0 Å². The summed E-state index contributed by atoms with van der Waals surface area (Å²) in [5, 5.41) is 8.69. The zero-order valence-corrected chi connectivity index (χ0v) is 9.68. The number of aromatic nitrogens is 2. The topological polar surface area (TPSA) is 66.3 Å². The van der Waals surface area contributed by atoms with E-state index < -0.39 is 5.97 Å². The molecule has 1 aromatic rings. The molecule has 0 unspecified atom stereocenters. The van der Waals surface area contributed by atoms with Crippen molar-refractivity contribution in [3.8, 4) is 0 Å². The molecule has 0 saturated heterocycles. The van der Waals surface area contributed by atoms with Crippen LogP contribution in [0.25, 0.3) is 0 Å². The van der Waals surface area contributed by atoms with Crippen molar-refractivity contribution in [1.82, 2.24) is 9.97 Å². The summed E-state index contributed by atoms with van der Waals surface area (Å²) in [4.78, 5) is 20.6. The van der Waals surface area contributed by atoms with Crippen LogP contribution in [0.3, 0.4) is 0 Å². The third-order valence-corrected chi connectivity index (χ3v) is 2.32. The maximum atomic E-state index is 10.6. The van der Waals surface area contributed by atoms with Crippen LogP contribution in [0.5, 0.6) is 0 Å². The molecule has 0 fully saturated rings. The quantitative estimate of drug-likeness (QED) is 0.745. The molecule has 1 rings (SSSR count). The molecule has 0 aliphatic carbocycles. The highest BCUT2D eigenvalue weighted by atomic mass is 16.4. The molecule has 0 saturated carbocycles. The normalized spacial score (nSPS) is 10.1. The minimum atomic E-state index is -1.000. The van der Waals surface area contributed by atoms with Gasteiger partial charge in [0.15, 0.2) is 0 Å². The fourth-order valence-corrected chi connectivity index (χ4v) is 1.33. The molecule has 88 valence electrons. The maximum absolute atomic E-state index is 10.6. The van der Waals surface area contributed by atoms with Crippen molar-refractivity contribution in [3.05, 3.63) is 18.0 Å². The van der Waals surface area contributed by atoms with Gasteiger partial charge >= 0.3 is 5.97 Å². The summed E-state index contributed by atoms with van der Waals surface area (Å²) in [6.45, 7) is 3.04. The Hall–Kier alpha value is -1.65. The van der Waals surface area contributed by atoms with E-state index in [-0.39, 0.29) is 5.56 Å². The van der Waals surface area contributed by atoms with Crippen LogP contribution in [0.1, 0.15) is 36.5 Å². The largest absolute Gasteiger partial charge is 0.478 e. The highest BCUT2D eigenvalue weighted by molar-refractivity contribution is 5.86. The van der Waals surface area contributed by atoms with Crippen molar-refractivity contribution in [3.63, 3.8) is 0 Å². The lowest BCUT2D eigenvalue weighted by atomic mass is 10.2. The van der Waals surface area contributed by atoms with Gasteiger partial charge in [-0.3, -0.25) is 0 Å². The number of carboxylic acid groups (broad SMARTS) is 1. The monoisotopic (exact) mass is 223 g/mol. The first-order chi connectivity index (χ1) is 7.65. The van der Waals surface area contributed by atoms with Crippen LogP contribution in [0.4, 0.5) is 5.95 Å². The highest BCUT2D eigenvalue weighted by Crippen LogP contribution is 2.06. The second-order valence-corrected chi connectivity index (χ2v) is 3.71. The van der Waals surface area contributed by atoms with Gasteiger partial charge in [0.05, 0.1) is 5.56 Å². The lowest BCUT2D eigenvalue weighted by molar-refractivity contribution is 0.0696. The molecule has 0 radical (unpaired) electrons. The molecule has 0 atom stereocenters. The minimum absolute atomic E-state index is 0.116. The van der Waals surface area contributed by atoms with Crippen LogP contribution in [0.2, 0.25) is 0 Å². The summed E-state index contributed by atoms with van der Waals surface area (Å²) in [7, 11) is 1.91. The Balaban J connectivity index is 2.56. The number of rotatable bonds is 6. The van der Waals surface area contributed by atoms with E-state index in [4.69, 9.17) is 5.11 Å². The molecule has 1 N–H and O–H groups in total. The van der Waals surface area contributed by atoms with Crippen LogP contribution in [-0.4, -0.2) is 34.6 Å². The van der Waals surface area contributed by atoms with Gasteiger partial charge in [-0.25, -0.2) is 14.8 Å². The Bertz CT molecular complexity index is 338. The summed E-state index contributed by atoms with van der Waals surface area (Å²) in [5.41, 5.74) is 0.116. The standard InChI is InChI=1S/C11H17N3O2/c1-3-4-5-6-14(2)11-12-7-9(8-13-11)10(15)16/h7-8H,3-6H2,1-2H3,(H,15,16). The van der Waals surface area contributed by atoms with Crippen molar-refractivity contribution < 1.29 is 9.90 Å². The Kier molecular flexibility index (Phi) is 4.69. The van der Waals surface area contributed by atoms with Crippen LogP contribution in [0, 0.1) is 0 Å². The third-order valence-electron chi connectivity index (χ3n) is 2.32. The lowest BCUT2D eigenvalue weighted by Crippen LogP contribution is -2.21. The van der Waals surface area contributed by atoms with E-state index in [1.165, 1.54) is 25.2 Å². The Morgan fingerprint density at radius 2 is 2.00 bits per heavy atom. The summed E-state index contributed by atoms with van der Waals surface area (Å²) in [6, 6.07) is 0. The molecule has 0 spiro atoms. The predicted octanol–water partition coefficient (Wildman–Crippen LogP) is 1.80. The smallest absolute Gasteiger partial charge is 0.338 e. The van der Waals surface area contributed by atoms with Crippen LogP contribution in [-0.2, 0) is 0 Å². The van der Waals surface area contributed by atoms with Crippen LogP contribution < -0.4 is 4.90 Å². The van der Waals surface area contributed by atoms with Crippen LogP contribution >= 0.6 is 0 Å². The number of unbranched alkanes of at least 4 members (excludes halogenated alkanes) is 2. The van der Waals surface area contributed by atoms with Crippen molar-refractivity contribution in [2.75, 3.05) is 18.5 Å². The predicted molar refractivity (Wildman–Crippen MR) is 61.8 cm³/mol. The first kappa shape index (κ1) is 12.4. The van der Waals surface area contributed by atoms with E-state index in [9.17, 15) is 4.79 Å². The summed E-state index contributed by atoms with van der Waals surface area (Å²) in [6.07, 6.45) is 6.11. The van der Waals surface area contributed by atoms with Gasteiger partial charge in [0, 0.05) is 26.0 Å². The molecule has 0 aliphatic rings.